The second-order valence-electron chi connectivity index (χ2n) is 11.5. The highest BCUT2D eigenvalue weighted by atomic mass is 19.4. The summed E-state index contributed by atoms with van der Waals surface area (Å²) >= 11 is 0. The van der Waals surface area contributed by atoms with Crippen molar-refractivity contribution in [3.8, 4) is 28.6 Å². The molecule has 0 amide bonds. The number of aromatic nitrogens is 4. The van der Waals surface area contributed by atoms with Gasteiger partial charge in [0.15, 0.2) is 5.60 Å². The Balaban J connectivity index is 1.35. The van der Waals surface area contributed by atoms with E-state index in [-0.39, 0.29) is 17.8 Å². The molecule has 0 saturated heterocycles. The van der Waals surface area contributed by atoms with Gasteiger partial charge >= 0.3 is 12.1 Å². The predicted octanol–water partition coefficient (Wildman–Crippen LogP) is 7.42. The highest BCUT2D eigenvalue weighted by Crippen LogP contribution is 2.31. The predicted molar refractivity (Wildman–Crippen MR) is 162 cm³/mol. The Morgan fingerprint density at radius 2 is 1.50 bits per heavy atom. The first-order valence-electron chi connectivity index (χ1n) is 14.5. The van der Waals surface area contributed by atoms with Crippen molar-refractivity contribution in [2.75, 3.05) is 11.4 Å². The SMILES string of the molecule is CC(C)c1nc(-c2ccc(CN(CCc3ccc(OC(C)(C)C(=O)O)cc3)c3noc(-c4ccc(C(F)(F)F)cc4)n3)cc2)no1. The van der Waals surface area contributed by atoms with Crippen LogP contribution in [0, 0.1) is 0 Å². The number of carbonyl (C=O) groups is 1. The molecule has 46 heavy (non-hydrogen) atoms. The topological polar surface area (TPSA) is 128 Å². The summed E-state index contributed by atoms with van der Waals surface area (Å²) in [6, 6.07) is 19.3. The number of carboxylic acids is 1. The molecular weight excluding hydrogens is 603 g/mol. The first-order valence-corrected chi connectivity index (χ1v) is 14.5. The van der Waals surface area contributed by atoms with Crippen molar-refractivity contribution in [1.82, 2.24) is 20.3 Å². The molecule has 1 N–H and O–H groups in total. The van der Waals surface area contributed by atoms with E-state index >= 15 is 0 Å². The zero-order valence-electron chi connectivity index (χ0n) is 25.6. The smallest absolute Gasteiger partial charge is 0.416 e. The number of alkyl halides is 3. The number of halogens is 3. The van der Waals surface area contributed by atoms with Gasteiger partial charge in [-0.2, -0.15) is 23.1 Å². The number of carboxylic acid groups (broad SMARTS) is 1. The first-order chi connectivity index (χ1) is 21.8. The fourth-order valence-corrected chi connectivity index (χ4v) is 4.41. The third kappa shape index (κ3) is 7.71. The lowest BCUT2D eigenvalue weighted by Gasteiger charge is -2.22. The Bertz CT molecular complexity index is 1760. The molecule has 0 unspecified atom stereocenters. The van der Waals surface area contributed by atoms with Crippen molar-refractivity contribution < 1.29 is 36.9 Å². The monoisotopic (exact) mass is 635 g/mol. The summed E-state index contributed by atoms with van der Waals surface area (Å²) in [5.74, 6) is 0.855. The van der Waals surface area contributed by atoms with E-state index in [4.69, 9.17) is 13.8 Å². The molecule has 0 atom stereocenters. The molecule has 0 spiro atoms. The maximum absolute atomic E-state index is 13.0. The van der Waals surface area contributed by atoms with Gasteiger partial charge in [0, 0.05) is 30.1 Å². The van der Waals surface area contributed by atoms with E-state index in [0.717, 1.165) is 28.8 Å². The van der Waals surface area contributed by atoms with Crippen LogP contribution in [0.15, 0.2) is 81.8 Å². The maximum atomic E-state index is 13.0. The van der Waals surface area contributed by atoms with Gasteiger partial charge in [0.05, 0.1) is 5.56 Å². The summed E-state index contributed by atoms with van der Waals surface area (Å²) in [4.78, 5) is 22.3. The molecular formula is C33H32F3N5O5. The summed E-state index contributed by atoms with van der Waals surface area (Å²) in [5, 5.41) is 17.5. The van der Waals surface area contributed by atoms with Gasteiger partial charge in [-0.1, -0.05) is 55.4 Å². The van der Waals surface area contributed by atoms with Gasteiger partial charge in [-0.05, 0) is 73.0 Å². The second kappa shape index (κ2) is 13.0. The van der Waals surface area contributed by atoms with Gasteiger partial charge < -0.3 is 23.8 Å². The normalized spacial score (nSPS) is 12.0. The van der Waals surface area contributed by atoms with E-state index < -0.39 is 23.3 Å². The number of benzene rings is 3. The standard InChI is InChI=1S/C33H32F3N5O5/c1-20(2)28-37-27(39-45-28)23-9-5-22(6-10-23)19-41(18-17-21-7-15-26(16-8-21)44-32(3,4)30(42)43)31-38-29(46-40-31)24-11-13-25(14-12-24)33(34,35)36/h5-16,20H,17-19H2,1-4H3,(H,42,43). The minimum Gasteiger partial charge on any atom is -0.478 e. The fraction of sp³-hybridized carbons (Fsp3) is 0.303. The molecule has 2 aromatic heterocycles. The van der Waals surface area contributed by atoms with Gasteiger partial charge in [-0.25, -0.2) is 4.79 Å². The molecule has 0 aliphatic heterocycles. The highest BCUT2D eigenvalue weighted by molar-refractivity contribution is 5.76. The van der Waals surface area contributed by atoms with Gasteiger partial charge in [0.25, 0.3) is 11.8 Å². The van der Waals surface area contributed by atoms with Crippen molar-refractivity contribution in [3.63, 3.8) is 0 Å². The lowest BCUT2D eigenvalue weighted by atomic mass is 10.1. The minimum atomic E-state index is -4.46. The fourth-order valence-electron chi connectivity index (χ4n) is 4.41. The van der Waals surface area contributed by atoms with E-state index in [2.05, 4.69) is 20.3 Å². The van der Waals surface area contributed by atoms with Crippen LogP contribution in [-0.4, -0.2) is 43.5 Å². The molecule has 5 rings (SSSR count). The number of hydrogen-bond acceptors (Lipinski definition) is 9. The zero-order valence-corrected chi connectivity index (χ0v) is 25.6. The Labute approximate surface area is 262 Å². The molecule has 0 bridgehead atoms. The summed E-state index contributed by atoms with van der Waals surface area (Å²) in [6.45, 7) is 7.74. The van der Waals surface area contributed by atoms with Crippen molar-refractivity contribution in [2.24, 2.45) is 0 Å². The molecule has 0 radical (unpaired) electrons. The van der Waals surface area contributed by atoms with Gasteiger partial charge in [-0.3, -0.25) is 0 Å². The zero-order chi connectivity index (χ0) is 33.1. The van der Waals surface area contributed by atoms with Crippen molar-refractivity contribution in [2.45, 2.75) is 58.4 Å². The van der Waals surface area contributed by atoms with Crippen molar-refractivity contribution >= 4 is 11.9 Å². The third-order valence-electron chi connectivity index (χ3n) is 7.16. The van der Waals surface area contributed by atoms with E-state index in [1.807, 2.05) is 55.1 Å². The van der Waals surface area contributed by atoms with Gasteiger partial charge in [0.1, 0.15) is 5.75 Å². The molecule has 2 heterocycles. The Morgan fingerprint density at radius 1 is 0.870 bits per heavy atom. The molecule has 0 saturated carbocycles. The van der Waals surface area contributed by atoms with Crippen LogP contribution in [0.1, 0.15) is 56.2 Å². The number of aliphatic carboxylic acids is 1. The van der Waals surface area contributed by atoms with Gasteiger partial charge in [0.2, 0.25) is 11.7 Å². The van der Waals surface area contributed by atoms with Gasteiger partial charge in [-0.15, -0.1) is 0 Å². The molecule has 0 aliphatic rings. The molecule has 13 heteroatoms. The maximum Gasteiger partial charge on any atom is 0.416 e. The number of anilines is 1. The number of rotatable bonds is 12. The first kappa shape index (κ1) is 32.2. The van der Waals surface area contributed by atoms with E-state index in [1.54, 1.807) is 12.1 Å². The van der Waals surface area contributed by atoms with Crippen LogP contribution in [0.3, 0.4) is 0 Å². The molecule has 5 aromatic rings. The molecule has 240 valence electrons. The largest absolute Gasteiger partial charge is 0.478 e. The molecule has 0 aliphatic carbocycles. The van der Waals surface area contributed by atoms with Crippen LogP contribution in [-0.2, 0) is 23.9 Å². The lowest BCUT2D eigenvalue weighted by molar-refractivity contribution is -0.152. The van der Waals surface area contributed by atoms with E-state index in [9.17, 15) is 23.1 Å². The Kier molecular flexibility index (Phi) is 9.12. The van der Waals surface area contributed by atoms with Crippen LogP contribution in [0.4, 0.5) is 19.1 Å². The lowest BCUT2D eigenvalue weighted by Crippen LogP contribution is -2.37. The summed E-state index contributed by atoms with van der Waals surface area (Å²) in [5.41, 5.74) is 0.880. The molecule has 3 aromatic carbocycles. The van der Waals surface area contributed by atoms with Crippen LogP contribution in [0.25, 0.3) is 22.8 Å². The second-order valence-corrected chi connectivity index (χ2v) is 11.5. The van der Waals surface area contributed by atoms with Crippen LogP contribution in [0.5, 0.6) is 5.75 Å². The summed E-state index contributed by atoms with van der Waals surface area (Å²) < 4.78 is 55.5. The van der Waals surface area contributed by atoms with Crippen LogP contribution < -0.4 is 9.64 Å². The van der Waals surface area contributed by atoms with Crippen LogP contribution in [0.2, 0.25) is 0 Å². The quantitative estimate of drug-likeness (QED) is 0.148. The molecule has 0 fully saturated rings. The Hall–Kier alpha value is -5.20. The third-order valence-corrected chi connectivity index (χ3v) is 7.16. The Morgan fingerprint density at radius 3 is 2.09 bits per heavy atom. The summed E-state index contributed by atoms with van der Waals surface area (Å²) in [7, 11) is 0. The van der Waals surface area contributed by atoms with Crippen LogP contribution >= 0.6 is 0 Å². The summed E-state index contributed by atoms with van der Waals surface area (Å²) in [6.07, 6.45) is -3.90. The average molecular weight is 636 g/mol. The number of ether oxygens (including phenoxy) is 1. The van der Waals surface area contributed by atoms with Crippen molar-refractivity contribution in [1.29, 1.82) is 0 Å². The highest BCUT2D eigenvalue weighted by Gasteiger charge is 2.31. The average Bonchev–Trinajstić information content (AvgIpc) is 3.71. The number of nitrogens with zero attached hydrogens (tertiary/aromatic N) is 5. The molecule has 10 nitrogen and oxygen atoms in total. The van der Waals surface area contributed by atoms with Crippen molar-refractivity contribution in [3.05, 3.63) is 95.4 Å². The minimum absolute atomic E-state index is 0.0877. The van der Waals surface area contributed by atoms with E-state index in [0.29, 0.717) is 42.5 Å². The number of hydrogen-bond donors (Lipinski definition) is 1. The van der Waals surface area contributed by atoms with E-state index in [1.165, 1.54) is 26.0 Å².